The van der Waals surface area contributed by atoms with Gasteiger partial charge in [0.1, 0.15) is 16.0 Å². The number of thioether (sulfide) groups is 1. The van der Waals surface area contributed by atoms with Gasteiger partial charge < -0.3 is 10.1 Å². The van der Waals surface area contributed by atoms with Crippen LogP contribution in [0.3, 0.4) is 0 Å². The summed E-state index contributed by atoms with van der Waals surface area (Å²) in [5.74, 6) is 0.0781. The Balaban J connectivity index is 2.28. The average Bonchev–Trinajstić information content (AvgIpc) is 2.96. The number of rotatable bonds is 7. The summed E-state index contributed by atoms with van der Waals surface area (Å²) in [6, 6.07) is 4.09. The highest BCUT2D eigenvalue weighted by Crippen LogP contribution is 2.31. The molecule has 0 aliphatic rings. The number of carbonyl (C=O) groups is 1. The molecule has 0 spiro atoms. The zero-order chi connectivity index (χ0) is 18.4. The molecule has 0 aliphatic heterocycles. The number of pyridine rings is 1. The number of nitriles is 1. The minimum atomic E-state index is -0.367. The van der Waals surface area contributed by atoms with Crippen molar-refractivity contribution in [1.29, 1.82) is 5.26 Å². The zero-order valence-corrected chi connectivity index (χ0v) is 16.3. The number of ether oxygens (including phenoxy) is 1. The van der Waals surface area contributed by atoms with Gasteiger partial charge in [0.25, 0.3) is 0 Å². The van der Waals surface area contributed by atoms with Crippen molar-refractivity contribution in [3.05, 3.63) is 33.5 Å². The summed E-state index contributed by atoms with van der Waals surface area (Å²) in [5.41, 5.74) is 2.97. The van der Waals surface area contributed by atoms with Crippen LogP contribution in [-0.4, -0.2) is 29.1 Å². The van der Waals surface area contributed by atoms with E-state index < -0.39 is 0 Å². The lowest BCUT2D eigenvalue weighted by atomic mass is 10.1. The number of aryl methyl sites for hydroxylation is 2. The maximum absolute atomic E-state index is 12.2. The standard InChI is InChI=1S/C17H20N4O2S2/c1-5-19-17-21-13(14(25-17)16(22)23-6-2)9-24-15-12(8-18)10(3)7-11(4)20-15/h7H,5-6,9H2,1-4H3,(H,19,21). The predicted octanol–water partition coefficient (Wildman–Crippen LogP) is 3.93. The Labute approximate surface area is 155 Å². The maximum atomic E-state index is 12.2. The van der Waals surface area contributed by atoms with Crippen molar-refractivity contribution in [2.24, 2.45) is 0 Å². The van der Waals surface area contributed by atoms with E-state index in [2.05, 4.69) is 21.4 Å². The van der Waals surface area contributed by atoms with Crippen LogP contribution in [-0.2, 0) is 10.5 Å². The first-order valence-corrected chi connectivity index (χ1v) is 9.72. The van der Waals surface area contributed by atoms with Crippen LogP contribution in [0, 0.1) is 25.2 Å². The average molecular weight is 377 g/mol. The van der Waals surface area contributed by atoms with Gasteiger partial charge in [-0.1, -0.05) is 23.1 Å². The molecule has 0 aromatic carbocycles. The summed E-state index contributed by atoms with van der Waals surface area (Å²) in [6.07, 6.45) is 0. The second kappa shape index (κ2) is 8.83. The molecule has 0 saturated heterocycles. The van der Waals surface area contributed by atoms with E-state index in [-0.39, 0.29) is 5.97 Å². The maximum Gasteiger partial charge on any atom is 0.350 e. The lowest BCUT2D eigenvalue weighted by molar-refractivity contribution is 0.0531. The topological polar surface area (TPSA) is 87.9 Å². The molecule has 1 N–H and O–H groups in total. The van der Waals surface area contributed by atoms with E-state index in [0.717, 1.165) is 17.8 Å². The number of anilines is 1. The van der Waals surface area contributed by atoms with Gasteiger partial charge >= 0.3 is 5.97 Å². The van der Waals surface area contributed by atoms with Gasteiger partial charge in [0, 0.05) is 18.0 Å². The quantitative estimate of drug-likeness (QED) is 0.578. The number of hydrogen-bond acceptors (Lipinski definition) is 8. The monoisotopic (exact) mass is 376 g/mol. The molecule has 2 heterocycles. The molecule has 25 heavy (non-hydrogen) atoms. The molecule has 0 aliphatic carbocycles. The van der Waals surface area contributed by atoms with Gasteiger partial charge in [-0.05, 0) is 39.3 Å². The smallest absolute Gasteiger partial charge is 0.350 e. The zero-order valence-electron chi connectivity index (χ0n) is 14.7. The first-order valence-electron chi connectivity index (χ1n) is 7.91. The summed E-state index contributed by atoms with van der Waals surface area (Å²) in [4.78, 5) is 21.6. The Morgan fingerprint density at radius 2 is 2.16 bits per heavy atom. The molecule has 0 unspecified atom stereocenters. The number of aromatic nitrogens is 2. The van der Waals surface area contributed by atoms with Crippen molar-refractivity contribution in [3.8, 4) is 6.07 Å². The van der Waals surface area contributed by atoms with Crippen LogP contribution < -0.4 is 5.32 Å². The molecule has 8 heteroatoms. The normalized spacial score (nSPS) is 10.4. The van der Waals surface area contributed by atoms with Gasteiger partial charge in [-0.2, -0.15) is 5.26 Å². The lowest BCUT2D eigenvalue weighted by Crippen LogP contribution is -2.05. The summed E-state index contributed by atoms with van der Waals surface area (Å²) < 4.78 is 5.12. The van der Waals surface area contributed by atoms with E-state index in [1.54, 1.807) is 6.92 Å². The summed E-state index contributed by atoms with van der Waals surface area (Å²) >= 11 is 2.70. The number of thiazole rings is 1. The van der Waals surface area contributed by atoms with Crippen LogP contribution in [0.25, 0.3) is 0 Å². The van der Waals surface area contributed by atoms with Crippen LogP contribution in [0.1, 0.15) is 46.0 Å². The molecule has 6 nitrogen and oxygen atoms in total. The van der Waals surface area contributed by atoms with E-state index in [1.165, 1.54) is 23.1 Å². The van der Waals surface area contributed by atoms with Crippen LogP contribution in [0.4, 0.5) is 5.13 Å². The van der Waals surface area contributed by atoms with E-state index >= 15 is 0 Å². The third kappa shape index (κ3) is 4.71. The van der Waals surface area contributed by atoms with Crippen molar-refractivity contribution in [2.75, 3.05) is 18.5 Å². The molecule has 0 radical (unpaired) electrons. The largest absolute Gasteiger partial charge is 0.462 e. The first kappa shape index (κ1) is 19.2. The molecule has 0 amide bonds. The Morgan fingerprint density at radius 1 is 1.40 bits per heavy atom. The van der Waals surface area contributed by atoms with Crippen molar-refractivity contribution < 1.29 is 9.53 Å². The van der Waals surface area contributed by atoms with Crippen LogP contribution in [0.5, 0.6) is 0 Å². The highest BCUT2D eigenvalue weighted by molar-refractivity contribution is 7.98. The molecular formula is C17H20N4O2S2. The molecule has 2 rings (SSSR count). The van der Waals surface area contributed by atoms with E-state index in [0.29, 0.717) is 38.7 Å². The molecule has 2 aromatic heterocycles. The fourth-order valence-corrected chi connectivity index (χ4v) is 4.29. The molecule has 132 valence electrons. The Kier molecular flexibility index (Phi) is 6.79. The molecule has 0 atom stereocenters. The number of esters is 1. The molecule has 0 saturated carbocycles. The van der Waals surface area contributed by atoms with Crippen molar-refractivity contribution in [3.63, 3.8) is 0 Å². The summed E-state index contributed by atoms with van der Waals surface area (Å²) in [6.45, 7) is 8.58. The lowest BCUT2D eigenvalue weighted by Gasteiger charge is -2.07. The van der Waals surface area contributed by atoms with Crippen molar-refractivity contribution in [1.82, 2.24) is 9.97 Å². The van der Waals surface area contributed by atoms with E-state index in [4.69, 9.17) is 4.74 Å². The van der Waals surface area contributed by atoms with Crippen LogP contribution in [0.15, 0.2) is 11.1 Å². The summed E-state index contributed by atoms with van der Waals surface area (Å²) in [5, 5.41) is 13.8. The minimum absolute atomic E-state index is 0.317. The van der Waals surface area contributed by atoms with E-state index in [9.17, 15) is 10.1 Å². The molecule has 0 bridgehead atoms. The second-order valence-electron chi connectivity index (χ2n) is 5.21. The van der Waals surface area contributed by atoms with Gasteiger partial charge in [-0.15, -0.1) is 0 Å². The van der Waals surface area contributed by atoms with E-state index in [1.807, 2.05) is 26.8 Å². The fraction of sp³-hybridized carbons (Fsp3) is 0.412. The van der Waals surface area contributed by atoms with Gasteiger partial charge in [0.2, 0.25) is 0 Å². The van der Waals surface area contributed by atoms with Crippen molar-refractivity contribution >= 4 is 34.2 Å². The van der Waals surface area contributed by atoms with Gasteiger partial charge in [-0.3, -0.25) is 0 Å². The van der Waals surface area contributed by atoms with Crippen molar-refractivity contribution in [2.45, 2.75) is 38.5 Å². The van der Waals surface area contributed by atoms with Gasteiger partial charge in [0.15, 0.2) is 5.13 Å². The Hall–Kier alpha value is -2.11. The highest BCUT2D eigenvalue weighted by atomic mass is 32.2. The Bertz CT molecular complexity index is 812. The minimum Gasteiger partial charge on any atom is -0.462 e. The van der Waals surface area contributed by atoms with Crippen LogP contribution in [0.2, 0.25) is 0 Å². The number of hydrogen-bond donors (Lipinski definition) is 1. The summed E-state index contributed by atoms with van der Waals surface area (Å²) in [7, 11) is 0. The number of carbonyl (C=O) groups excluding carboxylic acids is 1. The molecular weight excluding hydrogens is 356 g/mol. The van der Waals surface area contributed by atoms with Gasteiger partial charge in [0.05, 0.1) is 17.9 Å². The number of nitrogens with zero attached hydrogens (tertiary/aromatic N) is 3. The molecule has 0 fully saturated rings. The predicted molar refractivity (Wildman–Crippen MR) is 100 cm³/mol. The third-order valence-corrected chi connectivity index (χ3v) is 5.28. The second-order valence-corrected chi connectivity index (χ2v) is 7.17. The highest BCUT2D eigenvalue weighted by Gasteiger charge is 2.20. The Morgan fingerprint density at radius 3 is 2.80 bits per heavy atom. The number of nitrogens with one attached hydrogen (secondary N) is 1. The molecule has 2 aromatic rings. The SMILES string of the molecule is CCNc1nc(CSc2nc(C)cc(C)c2C#N)c(C(=O)OCC)s1. The first-order chi connectivity index (χ1) is 12.0. The van der Waals surface area contributed by atoms with Gasteiger partial charge in [-0.25, -0.2) is 14.8 Å². The third-order valence-electron chi connectivity index (χ3n) is 3.26. The fourth-order valence-electron chi connectivity index (χ4n) is 2.21. The van der Waals surface area contributed by atoms with Crippen LogP contribution >= 0.6 is 23.1 Å².